The fourth-order valence-corrected chi connectivity index (χ4v) is 4.24. The number of fused-ring (bicyclic) bond motifs is 1. The van der Waals surface area contributed by atoms with Crippen molar-refractivity contribution in [3.63, 3.8) is 0 Å². The smallest absolute Gasteiger partial charge is 0.231 e. The van der Waals surface area contributed by atoms with Gasteiger partial charge in [-0.15, -0.1) is 0 Å². The summed E-state index contributed by atoms with van der Waals surface area (Å²) in [5.41, 5.74) is 2.10. The van der Waals surface area contributed by atoms with Crippen LogP contribution in [-0.2, 0) is 20.0 Å². The quantitative estimate of drug-likeness (QED) is 0.657. The topological polar surface area (TPSA) is 60.0 Å². The monoisotopic (exact) mass is 387 g/mol. The first-order valence-corrected chi connectivity index (χ1v) is 10.0. The van der Waals surface area contributed by atoms with E-state index in [0.717, 1.165) is 72.2 Å². The van der Waals surface area contributed by atoms with Crippen molar-refractivity contribution in [2.45, 2.75) is 45.6 Å². The van der Waals surface area contributed by atoms with Gasteiger partial charge >= 0.3 is 0 Å². The molecule has 0 radical (unpaired) electrons. The van der Waals surface area contributed by atoms with E-state index in [2.05, 4.69) is 35.0 Å². The van der Waals surface area contributed by atoms with Crippen molar-refractivity contribution in [1.82, 2.24) is 24.8 Å². The molecule has 4 rings (SSSR count). The van der Waals surface area contributed by atoms with Gasteiger partial charge in [0.05, 0.1) is 22.2 Å². The van der Waals surface area contributed by atoms with Gasteiger partial charge in [0.25, 0.3) is 0 Å². The van der Waals surface area contributed by atoms with E-state index in [1.807, 2.05) is 23.9 Å². The van der Waals surface area contributed by atoms with Crippen molar-refractivity contribution in [2.75, 3.05) is 13.1 Å². The summed E-state index contributed by atoms with van der Waals surface area (Å²) < 4.78 is 7.48. The van der Waals surface area contributed by atoms with Gasteiger partial charge in [-0.3, -0.25) is 9.58 Å². The van der Waals surface area contributed by atoms with Gasteiger partial charge in [-0.25, -0.2) is 0 Å². The van der Waals surface area contributed by atoms with Crippen molar-refractivity contribution in [2.24, 2.45) is 13.0 Å². The highest BCUT2D eigenvalue weighted by Gasteiger charge is 2.27. The lowest BCUT2D eigenvalue weighted by molar-refractivity contribution is 0.178. The van der Waals surface area contributed by atoms with Crippen molar-refractivity contribution >= 4 is 22.5 Å². The number of hydrogen-bond acceptors (Lipinski definition) is 5. The second-order valence-corrected chi connectivity index (χ2v) is 8.33. The molecule has 27 heavy (non-hydrogen) atoms. The van der Waals surface area contributed by atoms with Crippen LogP contribution in [0.2, 0.25) is 5.02 Å². The van der Waals surface area contributed by atoms with Crippen molar-refractivity contribution in [3.05, 3.63) is 40.6 Å². The minimum Gasteiger partial charge on any atom is -0.339 e. The number of piperidine rings is 1. The van der Waals surface area contributed by atoms with Crippen LogP contribution in [0.25, 0.3) is 10.9 Å². The standard InChI is InChI=1S/C20H26ClN5O/c1-13(2)10-18-22-20(27-24-18)14-6-5-9-26(11-14)12-16-19-15(21)7-4-8-17(19)25(3)23-16/h4,7-8,13-14H,5-6,9-12H2,1-3H3. The highest BCUT2D eigenvalue weighted by Crippen LogP contribution is 2.30. The summed E-state index contributed by atoms with van der Waals surface area (Å²) >= 11 is 6.46. The first kappa shape index (κ1) is 18.4. The minimum absolute atomic E-state index is 0.289. The fourth-order valence-electron chi connectivity index (χ4n) is 3.96. The predicted molar refractivity (Wildman–Crippen MR) is 106 cm³/mol. The zero-order valence-corrected chi connectivity index (χ0v) is 16.9. The zero-order chi connectivity index (χ0) is 19.0. The highest BCUT2D eigenvalue weighted by molar-refractivity contribution is 6.35. The van der Waals surface area contributed by atoms with Crippen LogP contribution in [-0.4, -0.2) is 37.9 Å². The van der Waals surface area contributed by atoms with E-state index in [0.29, 0.717) is 5.92 Å². The molecule has 1 unspecified atom stereocenters. The van der Waals surface area contributed by atoms with Crippen molar-refractivity contribution < 1.29 is 4.52 Å². The summed E-state index contributed by atoms with van der Waals surface area (Å²) in [5.74, 6) is 2.41. The molecule has 3 aromatic rings. The molecule has 0 saturated carbocycles. The van der Waals surface area contributed by atoms with Gasteiger partial charge in [0, 0.05) is 31.9 Å². The second-order valence-electron chi connectivity index (χ2n) is 7.93. The Morgan fingerprint density at radius 1 is 1.33 bits per heavy atom. The van der Waals surface area contributed by atoms with Gasteiger partial charge in [0.1, 0.15) is 0 Å². The molecule has 0 spiro atoms. The van der Waals surface area contributed by atoms with Gasteiger partial charge in [0.15, 0.2) is 5.82 Å². The third kappa shape index (κ3) is 3.87. The molecule has 0 aliphatic carbocycles. The lowest BCUT2D eigenvalue weighted by atomic mass is 9.97. The van der Waals surface area contributed by atoms with E-state index in [1.54, 1.807) is 0 Å². The first-order valence-electron chi connectivity index (χ1n) is 9.66. The first-order chi connectivity index (χ1) is 13.0. The van der Waals surface area contributed by atoms with E-state index in [-0.39, 0.29) is 5.92 Å². The fraction of sp³-hybridized carbons (Fsp3) is 0.550. The number of hydrogen-bond donors (Lipinski definition) is 0. The van der Waals surface area contributed by atoms with Crippen molar-refractivity contribution in [3.8, 4) is 0 Å². The highest BCUT2D eigenvalue weighted by atomic mass is 35.5. The molecular weight excluding hydrogens is 362 g/mol. The van der Waals surface area contributed by atoms with Crippen LogP contribution >= 0.6 is 11.6 Å². The molecule has 2 aromatic heterocycles. The number of likely N-dealkylation sites (tertiary alicyclic amines) is 1. The summed E-state index contributed by atoms with van der Waals surface area (Å²) in [6.07, 6.45) is 3.06. The Morgan fingerprint density at radius 2 is 2.19 bits per heavy atom. The number of benzene rings is 1. The van der Waals surface area contributed by atoms with Gasteiger partial charge in [-0.1, -0.05) is 36.7 Å². The Labute approximate surface area is 164 Å². The van der Waals surface area contributed by atoms with Crippen LogP contribution in [0.3, 0.4) is 0 Å². The summed E-state index contributed by atoms with van der Waals surface area (Å²) in [4.78, 5) is 7.06. The van der Waals surface area contributed by atoms with Gasteiger partial charge in [-0.05, 0) is 37.4 Å². The molecule has 7 heteroatoms. The Hall–Kier alpha value is -1.92. The molecule has 1 aliphatic heterocycles. The Kier molecular flexibility index (Phi) is 5.19. The zero-order valence-electron chi connectivity index (χ0n) is 16.2. The maximum Gasteiger partial charge on any atom is 0.231 e. The van der Waals surface area contributed by atoms with E-state index >= 15 is 0 Å². The minimum atomic E-state index is 0.289. The summed E-state index contributed by atoms with van der Waals surface area (Å²) in [7, 11) is 1.97. The molecular formula is C20H26ClN5O. The molecule has 144 valence electrons. The van der Waals surface area contributed by atoms with Gasteiger partial charge in [0.2, 0.25) is 5.89 Å². The molecule has 3 heterocycles. The van der Waals surface area contributed by atoms with Crippen LogP contribution in [0.4, 0.5) is 0 Å². The Balaban J connectivity index is 1.50. The lowest BCUT2D eigenvalue weighted by Crippen LogP contribution is -2.34. The van der Waals surface area contributed by atoms with Crippen LogP contribution < -0.4 is 0 Å². The molecule has 1 saturated heterocycles. The van der Waals surface area contributed by atoms with Crippen molar-refractivity contribution in [1.29, 1.82) is 0 Å². The van der Waals surface area contributed by atoms with E-state index in [4.69, 9.17) is 21.2 Å². The van der Waals surface area contributed by atoms with E-state index in [9.17, 15) is 0 Å². The molecule has 1 atom stereocenters. The number of nitrogens with zero attached hydrogens (tertiary/aromatic N) is 5. The molecule has 0 bridgehead atoms. The molecule has 0 N–H and O–H groups in total. The third-order valence-electron chi connectivity index (χ3n) is 5.20. The summed E-state index contributed by atoms with van der Waals surface area (Å²) in [6, 6.07) is 5.96. The Bertz CT molecular complexity index is 932. The molecule has 6 nitrogen and oxygen atoms in total. The summed E-state index contributed by atoms with van der Waals surface area (Å²) in [5, 5.41) is 10.7. The second kappa shape index (κ2) is 7.60. The maximum atomic E-state index is 6.46. The number of rotatable bonds is 5. The number of aryl methyl sites for hydroxylation is 1. The molecule has 1 aromatic carbocycles. The van der Waals surface area contributed by atoms with Crippen LogP contribution in [0, 0.1) is 5.92 Å². The SMILES string of the molecule is CC(C)Cc1noc(C2CCCN(Cc3nn(C)c4cccc(Cl)c34)C2)n1. The van der Waals surface area contributed by atoms with Gasteiger partial charge < -0.3 is 4.52 Å². The average Bonchev–Trinajstić information content (AvgIpc) is 3.21. The molecule has 0 amide bonds. The largest absolute Gasteiger partial charge is 0.339 e. The lowest BCUT2D eigenvalue weighted by Gasteiger charge is -2.30. The van der Waals surface area contributed by atoms with Crippen LogP contribution in [0.1, 0.15) is 50.0 Å². The number of aromatic nitrogens is 4. The van der Waals surface area contributed by atoms with E-state index in [1.165, 1.54) is 0 Å². The maximum absolute atomic E-state index is 6.46. The normalized spacial score (nSPS) is 18.6. The van der Waals surface area contributed by atoms with Crippen LogP contribution in [0.15, 0.2) is 22.7 Å². The predicted octanol–water partition coefficient (Wildman–Crippen LogP) is 4.19. The van der Waals surface area contributed by atoms with Crippen LogP contribution in [0.5, 0.6) is 0 Å². The molecule has 1 fully saturated rings. The Morgan fingerprint density at radius 3 is 3.00 bits per heavy atom. The van der Waals surface area contributed by atoms with E-state index < -0.39 is 0 Å². The summed E-state index contributed by atoms with van der Waals surface area (Å²) in [6.45, 7) is 7.07. The number of halogens is 1. The van der Waals surface area contributed by atoms with Gasteiger partial charge in [-0.2, -0.15) is 10.1 Å². The average molecular weight is 388 g/mol. The molecule has 1 aliphatic rings. The third-order valence-corrected chi connectivity index (χ3v) is 5.52.